The van der Waals surface area contributed by atoms with Gasteiger partial charge in [-0.2, -0.15) is 4.98 Å². The molecule has 0 aliphatic carbocycles. The van der Waals surface area contributed by atoms with Gasteiger partial charge in [-0.25, -0.2) is 9.37 Å². The first-order valence-electron chi connectivity index (χ1n) is 10.5. The van der Waals surface area contributed by atoms with Crippen molar-refractivity contribution in [1.29, 1.82) is 0 Å². The molecule has 0 unspecified atom stereocenters. The van der Waals surface area contributed by atoms with E-state index in [0.29, 0.717) is 0 Å². The summed E-state index contributed by atoms with van der Waals surface area (Å²) in [5.74, 6) is 1.70. The van der Waals surface area contributed by atoms with Crippen LogP contribution in [0.3, 0.4) is 0 Å². The molecule has 0 amide bonds. The number of imidazole rings is 1. The van der Waals surface area contributed by atoms with Gasteiger partial charge in [-0.1, -0.05) is 43.5 Å². The highest BCUT2D eigenvalue weighted by Crippen LogP contribution is 2.75. The zero-order valence-corrected chi connectivity index (χ0v) is 23.5. The number of alkyl halides is 1. The zero-order chi connectivity index (χ0) is 24.2. The molecule has 33 heavy (non-hydrogen) atoms. The number of nitrogens with two attached hydrogens (primary N) is 1. The zero-order valence-electron chi connectivity index (χ0n) is 19.1. The summed E-state index contributed by atoms with van der Waals surface area (Å²) in [5.41, 5.74) is 5.43. The lowest BCUT2D eigenvalue weighted by Gasteiger charge is -2.37. The summed E-state index contributed by atoms with van der Waals surface area (Å²) < 4.78 is 33.9. The highest BCUT2D eigenvalue weighted by molar-refractivity contribution is 9.00. The second-order valence-electron chi connectivity index (χ2n) is 9.54. The Bertz CT molecular complexity index is 1130. The van der Waals surface area contributed by atoms with E-state index in [1.165, 1.54) is 10.9 Å². The summed E-state index contributed by atoms with van der Waals surface area (Å²) >= 11 is 8.92. The normalized spacial score (nSPS) is 28.1. The number of H-pyrrole nitrogens is 1. The van der Waals surface area contributed by atoms with Gasteiger partial charge >= 0.3 is 0 Å². The van der Waals surface area contributed by atoms with Crippen molar-refractivity contribution in [2.24, 2.45) is 0 Å². The van der Waals surface area contributed by atoms with Gasteiger partial charge in [-0.05, 0) is 29.9 Å². The first kappa shape index (κ1) is 25.6. The Balaban J connectivity index is 1.65. The fourth-order valence-corrected chi connectivity index (χ4v) is 13.7. The first-order valence-corrected chi connectivity index (χ1v) is 19.4. The van der Waals surface area contributed by atoms with Gasteiger partial charge in [0.05, 0.1) is 12.9 Å². The van der Waals surface area contributed by atoms with Gasteiger partial charge in [0.25, 0.3) is 5.56 Å². The molecule has 2 saturated heterocycles. The third-order valence-electron chi connectivity index (χ3n) is 6.24. The van der Waals surface area contributed by atoms with E-state index < -0.39 is 43.2 Å². The van der Waals surface area contributed by atoms with Crippen LogP contribution in [-0.2, 0) is 25.5 Å². The third kappa shape index (κ3) is 5.08. The van der Waals surface area contributed by atoms with Gasteiger partial charge in [-0.3, -0.25) is 14.3 Å². The van der Waals surface area contributed by atoms with E-state index in [-0.39, 0.29) is 28.8 Å². The molecule has 3 N–H and O–H groups in total. The van der Waals surface area contributed by atoms with Crippen molar-refractivity contribution >= 4 is 64.7 Å². The Morgan fingerprint density at radius 3 is 2.73 bits per heavy atom. The highest BCUT2D eigenvalue weighted by atomic mass is 33.2. The summed E-state index contributed by atoms with van der Waals surface area (Å²) in [6.45, 7) is 10.9. The van der Waals surface area contributed by atoms with Crippen LogP contribution in [0.2, 0.25) is 18.1 Å². The monoisotopic (exact) mass is 553 g/mol. The molecule has 0 aromatic carbocycles. The standard InChI is InChI=1S/C18H29FN5O4PS3Si/c1-18(2,3)33(4,5)26-8-10-13(28-29(30)31-6-7-32-29)11(19)16(27-10)24-9-21-12-14(24)22-17(20)23-15(12)25/h9-11,13,16H,6-8H2,1-5H3,(H3,20,22,23,25)/t10-,11-,13-,16-/m1/s1. The number of nitrogens with one attached hydrogen (secondary N) is 1. The topological polar surface area (TPSA) is 117 Å². The fraction of sp³-hybridized carbons (Fsp3) is 0.722. The molecule has 2 aromatic heterocycles. The van der Waals surface area contributed by atoms with Crippen LogP contribution in [0.15, 0.2) is 11.1 Å². The van der Waals surface area contributed by atoms with Gasteiger partial charge in [-0.15, -0.1) is 0 Å². The van der Waals surface area contributed by atoms with Crippen molar-refractivity contribution in [2.75, 3.05) is 23.8 Å². The summed E-state index contributed by atoms with van der Waals surface area (Å²) in [5, 5.41) is -0.0110. The molecule has 2 aliphatic heterocycles. The number of hydrogen-bond donors (Lipinski definition) is 2. The third-order valence-corrected chi connectivity index (χ3v) is 20.5. The van der Waals surface area contributed by atoms with Gasteiger partial charge in [0.1, 0.15) is 12.2 Å². The van der Waals surface area contributed by atoms with Gasteiger partial charge in [0.15, 0.2) is 36.5 Å². The Morgan fingerprint density at radius 2 is 2.09 bits per heavy atom. The van der Waals surface area contributed by atoms with Crippen LogP contribution in [0.25, 0.3) is 11.2 Å². The second kappa shape index (κ2) is 9.19. The molecule has 2 aliphatic rings. The van der Waals surface area contributed by atoms with E-state index in [1.807, 2.05) is 0 Å². The molecule has 4 heterocycles. The van der Waals surface area contributed by atoms with E-state index in [9.17, 15) is 4.79 Å². The minimum Gasteiger partial charge on any atom is -0.414 e. The average Bonchev–Trinajstić information content (AvgIpc) is 3.39. The SMILES string of the molecule is CC(C)(C)[Si](C)(C)OC[C@H]1O[C@@H](n2cnc3c(=O)[nH]c(N)nc32)[C@H](F)[C@@H]1OP1(=S)SCCS1. The molecule has 4 atom stereocenters. The Kier molecular flexibility index (Phi) is 7.14. The Morgan fingerprint density at radius 1 is 1.42 bits per heavy atom. The molecule has 184 valence electrons. The number of aromatic nitrogens is 4. The van der Waals surface area contributed by atoms with Gasteiger partial charge in [0, 0.05) is 11.5 Å². The number of halogens is 1. The van der Waals surface area contributed by atoms with Crippen LogP contribution in [0, 0.1) is 0 Å². The number of rotatable bonds is 6. The lowest BCUT2D eigenvalue weighted by Crippen LogP contribution is -2.44. The van der Waals surface area contributed by atoms with Crippen LogP contribution in [0.1, 0.15) is 27.0 Å². The highest BCUT2D eigenvalue weighted by Gasteiger charge is 2.51. The number of nitrogen functional groups attached to an aromatic ring is 1. The molecule has 9 nitrogen and oxygen atoms in total. The molecule has 2 fully saturated rings. The van der Waals surface area contributed by atoms with Crippen molar-refractivity contribution in [2.45, 2.75) is 63.5 Å². The number of nitrogens with zero attached hydrogens (tertiary/aromatic N) is 3. The minimum atomic E-state index is -2.27. The molecule has 15 heteroatoms. The molecule has 0 radical (unpaired) electrons. The molecular formula is C18H29FN5O4PS3Si. The van der Waals surface area contributed by atoms with Crippen LogP contribution in [-0.4, -0.2) is 64.3 Å². The van der Waals surface area contributed by atoms with Gasteiger partial charge in [0.2, 0.25) is 5.95 Å². The molecular weight excluding hydrogens is 524 g/mol. The second-order valence-corrected chi connectivity index (χ2v) is 25.0. The molecule has 0 spiro atoms. The number of anilines is 1. The molecule has 4 rings (SSSR count). The van der Waals surface area contributed by atoms with Crippen molar-refractivity contribution in [3.63, 3.8) is 0 Å². The van der Waals surface area contributed by atoms with Crippen molar-refractivity contribution < 1.29 is 18.1 Å². The lowest BCUT2D eigenvalue weighted by atomic mass is 10.1. The van der Waals surface area contributed by atoms with E-state index >= 15 is 4.39 Å². The summed E-state index contributed by atoms with van der Waals surface area (Å²) in [7, 11) is -2.11. The summed E-state index contributed by atoms with van der Waals surface area (Å²) in [6, 6.07) is 0. The molecule has 0 saturated carbocycles. The smallest absolute Gasteiger partial charge is 0.280 e. The quantitative estimate of drug-likeness (QED) is 0.401. The van der Waals surface area contributed by atoms with Crippen molar-refractivity contribution in [1.82, 2.24) is 19.5 Å². The van der Waals surface area contributed by atoms with Crippen LogP contribution in [0.5, 0.6) is 0 Å². The van der Waals surface area contributed by atoms with E-state index in [2.05, 4.69) is 48.8 Å². The van der Waals surface area contributed by atoms with Crippen LogP contribution < -0.4 is 11.3 Å². The number of ether oxygens (including phenoxy) is 1. The lowest BCUT2D eigenvalue weighted by molar-refractivity contribution is -0.0401. The van der Waals surface area contributed by atoms with Gasteiger partial charge < -0.3 is 19.4 Å². The number of fused-ring (bicyclic) bond motifs is 1. The maximum atomic E-state index is 15.9. The predicted octanol–water partition coefficient (Wildman–Crippen LogP) is 4.05. The average molecular weight is 554 g/mol. The Hall–Kier alpha value is -0.473. The minimum absolute atomic E-state index is 0.0110. The van der Waals surface area contributed by atoms with Crippen LogP contribution >= 0.6 is 27.4 Å². The van der Waals surface area contributed by atoms with E-state index in [4.69, 9.17) is 31.2 Å². The first-order chi connectivity index (χ1) is 15.3. The molecule has 2 aromatic rings. The van der Waals surface area contributed by atoms with Crippen LogP contribution in [0.4, 0.5) is 10.3 Å². The molecule has 0 bridgehead atoms. The van der Waals surface area contributed by atoms with Crippen molar-refractivity contribution in [3.8, 4) is 0 Å². The van der Waals surface area contributed by atoms with E-state index in [1.54, 1.807) is 22.8 Å². The summed E-state index contributed by atoms with van der Waals surface area (Å²) in [4.78, 5) is 22.8. The number of aromatic amines is 1. The maximum absolute atomic E-state index is 15.9. The number of hydrogen-bond acceptors (Lipinski definition) is 10. The predicted molar refractivity (Wildman–Crippen MR) is 139 cm³/mol. The van der Waals surface area contributed by atoms with Crippen molar-refractivity contribution in [3.05, 3.63) is 16.7 Å². The summed E-state index contributed by atoms with van der Waals surface area (Å²) in [6.07, 6.45) is -2.88. The fourth-order valence-electron chi connectivity index (χ4n) is 3.36. The van der Waals surface area contributed by atoms with E-state index in [0.717, 1.165) is 11.5 Å². The largest absolute Gasteiger partial charge is 0.414 e. The Labute approximate surface area is 205 Å². The maximum Gasteiger partial charge on any atom is 0.280 e.